The molecule has 0 saturated carbocycles. The second-order valence-corrected chi connectivity index (χ2v) is 5.01. The van der Waals surface area contributed by atoms with Gasteiger partial charge in [-0.05, 0) is 18.9 Å². The average Bonchev–Trinajstić information content (AvgIpc) is 2.74. The van der Waals surface area contributed by atoms with Crippen LogP contribution in [0.25, 0.3) is 0 Å². The lowest BCUT2D eigenvalue weighted by molar-refractivity contribution is -0.0362. The Morgan fingerprint density at radius 3 is 2.94 bits per heavy atom. The Morgan fingerprint density at radius 2 is 2.29 bits per heavy atom. The van der Waals surface area contributed by atoms with Crippen LogP contribution in [-0.2, 0) is 4.74 Å². The molecule has 1 aliphatic heterocycles. The van der Waals surface area contributed by atoms with Gasteiger partial charge >= 0.3 is 0 Å². The van der Waals surface area contributed by atoms with Gasteiger partial charge in [0.25, 0.3) is 0 Å². The molecule has 1 unspecified atom stereocenters. The molecule has 0 amide bonds. The highest BCUT2D eigenvalue weighted by atomic mass is 16.5. The summed E-state index contributed by atoms with van der Waals surface area (Å²) in [5.74, 6) is 2.02. The molecular formula is C12H21N3O2. The number of aryl methyl sites for hydroxylation is 1. The normalized spacial score (nSPS) is 22.2. The van der Waals surface area contributed by atoms with Gasteiger partial charge in [-0.3, -0.25) is 4.90 Å². The van der Waals surface area contributed by atoms with E-state index in [0.717, 1.165) is 32.2 Å². The molecule has 0 N–H and O–H groups in total. The molecule has 2 heterocycles. The minimum absolute atomic E-state index is 0.0339. The summed E-state index contributed by atoms with van der Waals surface area (Å²) in [6, 6.07) is 0. The molecule has 0 aromatic carbocycles. The fourth-order valence-corrected chi connectivity index (χ4v) is 1.95. The first-order chi connectivity index (χ1) is 8.15. The van der Waals surface area contributed by atoms with Crippen molar-refractivity contribution in [3.8, 4) is 0 Å². The summed E-state index contributed by atoms with van der Waals surface area (Å²) in [4.78, 5) is 6.65. The van der Waals surface area contributed by atoms with Crippen molar-refractivity contribution in [3.05, 3.63) is 11.7 Å². The summed E-state index contributed by atoms with van der Waals surface area (Å²) in [6.45, 7) is 10.0. The number of rotatable bonds is 4. The van der Waals surface area contributed by atoms with E-state index < -0.39 is 0 Å². The summed E-state index contributed by atoms with van der Waals surface area (Å²) >= 11 is 0. The number of ether oxygens (including phenoxy) is 1. The molecule has 1 saturated heterocycles. The standard InChI is InChI=1S/C12H21N3O2/c1-9(2)4-5-15-6-7-16-11(8-15)12-13-10(3)17-14-12/h9,11H,4-8H2,1-3H3. The van der Waals surface area contributed by atoms with Crippen molar-refractivity contribution >= 4 is 0 Å². The average molecular weight is 239 g/mol. The quantitative estimate of drug-likeness (QED) is 0.802. The van der Waals surface area contributed by atoms with Crippen molar-refractivity contribution in [1.82, 2.24) is 15.0 Å². The molecule has 1 aromatic heterocycles. The SMILES string of the molecule is Cc1nc(C2CN(CCC(C)C)CCO2)no1. The maximum Gasteiger partial charge on any atom is 0.223 e. The Hall–Kier alpha value is -0.940. The highest BCUT2D eigenvalue weighted by Crippen LogP contribution is 2.20. The van der Waals surface area contributed by atoms with Crippen LogP contribution < -0.4 is 0 Å². The first-order valence-electron chi connectivity index (χ1n) is 6.29. The van der Waals surface area contributed by atoms with E-state index >= 15 is 0 Å². The Labute approximate surface area is 102 Å². The van der Waals surface area contributed by atoms with Crippen molar-refractivity contribution in [2.75, 3.05) is 26.2 Å². The Balaban J connectivity index is 1.88. The Morgan fingerprint density at radius 1 is 1.47 bits per heavy atom. The molecule has 2 rings (SSSR count). The number of aromatic nitrogens is 2. The lowest BCUT2D eigenvalue weighted by atomic mass is 10.1. The van der Waals surface area contributed by atoms with E-state index in [1.165, 1.54) is 6.42 Å². The maximum atomic E-state index is 5.69. The van der Waals surface area contributed by atoms with Crippen LogP contribution in [0.3, 0.4) is 0 Å². The van der Waals surface area contributed by atoms with Gasteiger partial charge in [-0.1, -0.05) is 19.0 Å². The highest BCUT2D eigenvalue weighted by molar-refractivity contribution is 4.92. The lowest BCUT2D eigenvalue weighted by Gasteiger charge is -2.31. The first kappa shape index (κ1) is 12.5. The van der Waals surface area contributed by atoms with Gasteiger partial charge in [0.15, 0.2) is 0 Å². The third-order valence-corrected chi connectivity index (χ3v) is 3.00. The van der Waals surface area contributed by atoms with Gasteiger partial charge < -0.3 is 9.26 Å². The minimum Gasteiger partial charge on any atom is -0.367 e. The number of hydrogen-bond acceptors (Lipinski definition) is 5. The van der Waals surface area contributed by atoms with E-state index in [1.54, 1.807) is 6.92 Å². The summed E-state index contributed by atoms with van der Waals surface area (Å²) < 4.78 is 10.7. The molecule has 1 aliphatic rings. The second-order valence-electron chi connectivity index (χ2n) is 5.01. The van der Waals surface area contributed by atoms with Crippen LogP contribution in [0.5, 0.6) is 0 Å². The van der Waals surface area contributed by atoms with E-state index in [1.807, 2.05) is 0 Å². The van der Waals surface area contributed by atoms with Crippen molar-refractivity contribution in [2.45, 2.75) is 33.3 Å². The maximum absolute atomic E-state index is 5.69. The summed E-state index contributed by atoms with van der Waals surface area (Å²) in [7, 11) is 0. The van der Waals surface area contributed by atoms with Crippen LogP contribution in [0.4, 0.5) is 0 Å². The van der Waals surface area contributed by atoms with Crippen LogP contribution in [0.15, 0.2) is 4.52 Å². The van der Waals surface area contributed by atoms with Crippen molar-refractivity contribution < 1.29 is 9.26 Å². The molecule has 96 valence electrons. The second kappa shape index (κ2) is 5.60. The van der Waals surface area contributed by atoms with Gasteiger partial charge in [0.05, 0.1) is 6.61 Å². The van der Waals surface area contributed by atoms with Crippen molar-refractivity contribution in [2.24, 2.45) is 5.92 Å². The number of morpholine rings is 1. The van der Waals surface area contributed by atoms with Crippen LogP contribution in [-0.4, -0.2) is 41.3 Å². The van der Waals surface area contributed by atoms with E-state index in [2.05, 4.69) is 28.9 Å². The van der Waals surface area contributed by atoms with E-state index in [-0.39, 0.29) is 6.10 Å². The van der Waals surface area contributed by atoms with Crippen LogP contribution >= 0.6 is 0 Å². The molecule has 17 heavy (non-hydrogen) atoms. The van der Waals surface area contributed by atoms with Crippen molar-refractivity contribution in [1.29, 1.82) is 0 Å². The molecule has 0 radical (unpaired) electrons. The Kier molecular flexibility index (Phi) is 4.12. The van der Waals surface area contributed by atoms with Crippen molar-refractivity contribution in [3.63, 3.8) is 0 Å². The zero-order valence-electron chi connectivity index (χ0n) is 10.8. The monoisotopic (exact) mass is 239 g/mol. The predicted molar refractivity (Wildman–Crippen MR) is 63.6 cm³/mol. The molecule has 1 aromatic rings. The third kappa shape index (κ3) is 3.51. The summed E-state index contributed by atoms with van der Waals surface area (Å²) in [6.07, 6.45) is 1.19. The van der Waals surface area contributed by atoms with E-state index in [9.17, 15) is 0 Å². The topological polar surface area (TPSA) is 51.4 Å². The molecule has 5 nitrogen and oxygen atoms in total. The molecule has 1 atom stereocenters. The molecule has 0 aliphatic carbocycles. The first-order valence-corrected chi connectivity index (χ1v) is 6.29. The molecule has 0 spiro atoms. The van der Waals surface area contributed by atoms with E-state index in [0.29, 0.717) is 11.7 Å². The van der Waals surface area contributed by atoms with Gasteiger partial charge in [-0.25, -0.2) is 0 Å². The van der Waals surface area contributed by atoms with E-state index in [4.69, 9.17) is 9.26 Å². The van der Waals surface area contributed by atoms with Gasteiger partial charge in [-0.15, -0.1) is 0 Å². The largest absolute Gasteiger partial charge is 0.367 e. The fraction of sp³-hybridized carbons (Fsp3) is 0.833. The van der Waals surface area contributed by atoms with Gasteiger partial charge in [0.1, 0.15) is 6.10 Å². The Bertz CT molecular complexity index is 351. The lowest BCUT2D eigenvalue weighted by Crippen LogP contribution is -2.39. The summed E-state index contributed by atoms with van der Waals surface area (Å²) in [5, 5.41) is 3.93. The number of nitrogens with zero attached hydrogens (tertiary/aromatic N) is 3. The van der Waals surface area contributed by atoms with Gasteiger partial charge in [0, 0.05) is 20.0 Å². The summed E-state index contributed by atoms with van der Waals surface area (Å²) in [5.41, 5.74) is 0. The molecular weight excluding hydrogens is 218 g/mol. The zero-order valence-corrected chi connectivity index (χ0v) is 10.8. The van der Waals surface area contributed by atoms with Crippen LogP contribution in [0.1, 0.15) is 38.1 Å². The highest BCUT2D eigenvalue weighted by Gasteiger charge is 2.25. The molecule has 1 fully saturated rings. The minimum atomic E-state index is -0.0339. The predicted octanol–water partition coefficient (Wildman–Crippen LogP) is 1.80. The van der Waals surface area contributed by atoms with Gasteiger partial charge in [-0.2, -0.15) is 4.98 Å². The molecule has 0 bridgehead atoms. The third-order valence-electron chi connectivity index (χ3n) is 3.00. The van der Waals surface area contributed by atoms with Crippen LogP contribution in [0.2, 0.25) is 0 Å². The van der Waals surface area contributed by atoms with Crippen LogP contribution in [0, 0.1) is 12.8 Å². The van der Waals surface area contributed by atoms with Gasteiger partial charge in [0.2, 0.25) is 11.7 Å². The smallest absolute Gasteiger partial charge is 0.223 e. The number of hydrogen-bond donors (Lipinski definition) is 0. The fourth-order valence-electron chi connectivity index (χ4n) is 1.95. The molecule has 5 heteroatoms. The zero-order chi connectivity index (χ0) is 12.3.